The number of carbonyl (C=O) groups is 2. The van der Waals surface area contributed by atoms with Gasteiger partial charge in [-0.15, -0.1) is 10.2 Å². The first kappa shape index (κ1) is 15.1. The monoisotopic (exact) mass is 330 g/mol. The minimum Gasteiger partial charge on any atom is -0.289 e. The van der Waals surface area contributed by atoms with Crippen LogP contribution in [-0.4, -0.2) is 21.8 Å². The number of aromatic amines is 1. The van der Waals surface area contributed by atoms with Gasteiger partial charge in [-0.2, -0.15) is 5.10 Å². The lowest BCUT2D eigenvalue weighted by Crippen LogP contribution is -2.20. The van der Waals surface area contributed by atoms with Gasteiger partial charge in [-0.1, -0.05) is 36.4 Å². The van der Waals surface area contributed by atoms with Crippen LogP contribution in [0.2, 0.25) is 0 Å². The van der Waals surface area contributed by atoms with Crippen LogP contribution in [-0.2, 0) is 0 Å². The first-order chi connectivity index (χ1) is 12.1. The number of hydrogen-bond donors (Lipinski definition) is 1. The number of aromatic nitrogens is 2. The topological polar surface area (TPSA) is 87.5 Å². The zero-order valence-corrected chi connectivity index (χ0v) is 13.7. The molecule has 1 heterocycles. The summed E-state index contributed by atoms with van der Waals surface area (Å²) in [7, 11) is 0. The van der Waals surface area contributed by atoms with E-state index < -0.39 is 0 Å². The van der Waals surface area contributed by atoms with E-state index in [1.165, 1.54) is 0 Å². The predicted molar refractivity (Wildman–Crippen MR) is 92.0 cm³/mol. The molecule has 1 aliphatic carbocycles. The van der Waals surface area contributed by atoms with Gasteiger partial charge in [0.2, 0.25) is 0 Å². The van der Waals surface area contributed by atoms with Gasteiger partial charge in [0, 0.05) is 16.7 Å². The van der Waals surface area contributed by atoms with Crippen LogP contribution in [0.3, 0.4) is 0 Å². The maximum absolute atomic E-state index is 12.9. The maximum Gasteiger partial charge on any atom is 0.196 e. The van der Waals surface area contributed by atoms with Crippen molar-refractivity contribution >= 4 is 22.9 Å². The Morgan fingerprint density at radius 3 is 2.20 bits per heavy atom. The fourth-order valence-electron chi connectivity index (χ4n) is 3.01. The van der Waals surface area contributed by atoms with E-state index in [-0.39, 0.29) is 11.6 Å². The molecule has 1 aliphatic rings. The molecule has 0 saturated heterocycles. The SMILES string of the molecule is Cc1n[nH]c(C)c1N=Nc1cccc2c1C(=O)c1ccccc1C2=O. The van der Waals surface area contributed by atoms with Crippen LogP contribution in [0.1, 0.15) is 43.2 Å². The van der Waals surface area contributed by atoms with Crippen LogP contribution in [0.5, 0.6) is 0 Å². The molecular weight excluding hydrogens is 316 g/mol. The molecule has 25 heavy (non-hydrogen) atoms. The highest BCUT2D eigenvalue weighted by molar-refractivity contribution is 6.29. The maximum atomic E-state index is 12.9. The summed E-state index contributed by atoms with van der Waals surface area (Å²) in [6, 6.07) is 11.9. The summed E-state index contributed by atoms with van der Waals surface area (Å²) in [5.41, 5.74) is 4.01. The minimum atomic E-state index is -0.208. The minimum absolute atomic E-state index is 0.169. The van der Waals surface area contributed by atoms with Crippen LogP contribution in [0.4, 0.5) is 11.4 Å². The Balaban J connectivity index is 1.86. The van der Waals surface area contributed by atoms with Gasteiger partial charge in [0.15, 0.2) is 11.6 Å². The molecule has 0 unspecified atom stereocenters. The summed E-state index contributed by atoms with van der Waals surface area (Å²) < 4.78 is 0. The molecule has 0 aliphatic heterocycles. The predicted octanol–water partition coefficient (Wildman–Crippen LogP) is 4.22. The smallest absolute Gasteiger partial charge is 0.196 e. The molecule has 4 rings (SSSR count). The Morgan fingerprint density at radius 2 is 1.52 bits per heavy atom. The van der Waals surface area contributed by atoms with Gasteiger partial charge >= 0.3 is 0 Å². The summed E-state index contributed by atoms with van der Waals surface area (Å²) in [6.45, 7) is 3.67. The number of rotatable bonds is 2. The van der Waals surface area contributed by atoms with Crippen LogP contribution < -0.4 is 0 Å². The third kappa shape index (κ3) is 2.30. The van der Waals surface area contributed by atoms with Gasteiger partial charge in [0.05, 0.1) is 22.6 Å². The van der Waals surface area contributed by atoms with Gasteiger partial charge in [0.1, 0.15) is 5.69 Å². The summed E-state index contributed by atoms with van der Waals surface area (Å²) >= 11 is 0. The lowest BCUT2D eigenvalue weighted by Gasteiger charge is -2.18. The first-order valence-electron chi connectivity index (χ1n) is 7.82. The van der Waals surface area contributed by atoms with E-state index in [0.29, 0.717) is 33.6 Å². The van der Waals surface area contributed by atoms with E-state index in [1.54, 1.807) is 42.5 Å². The highest BCUT2D eigenvalue weighted by Crippen LogP contribution is 2.34. The van der Waals surface area contributed by atoms with Gasteiger partial charge < -0.3 is 0 Å². The normalized spacial score (nSPS) is 13.2. The van der Waals surface area contributed by atoms with Crippen molar-refractivity contribution in [3.8, 4) is 0 Å². The standard InChI is InChI=1S/C19H14N4O2/c1-10-17(11(2)21-20-10)23-22-15-9-5-8-14-16(15)19(25)13-7-4-3-6-12(13)18(14)24/h3-9H,1-2H3,(H,20,21). The average molecular weight is 330 g/mol. The molecule has 1 aromatic heterocycles. The molecule has 6 heteroatoms. The summed E-state index contributed by atoms with van der Waals surface area (Å²) in [5.74, 6) is -0.377. The zero-order chi connectivity index (χ0) is 17.6. The van der Waals surface area contributed by atoms with Crippen molar-refractivity contribution in [1.29, 1.82) is 0 Å². The fourth-order valence-corrected chi connectivity index (χ4v) is 3.01. The molecule has 0 saturated carbocycles. The second kappa shape index (κ2) is 5.59. The Morgan fingerprint density at radius 1 is 0.840 bits per heavy atom. The molecule has 2 aromatic carbocycles. The first-order valence-corrected chi connectivity index (χ1v) is 7.82. The Labute approximate surface area is 143 Å². The van der Waals surface area contributed by atoms with Crippen LogP contribution >= 0.6 is 0 Å². The lowest BCUT2D eigenvalue weighted by molar-refractivity contribution is 0.0979. The van der Waals surface area contributed by atoms with Crippen LogP contribution in [0.15, 0.2) is 52.7 Å². The third-order valence-electron chi connectivity index (χ3n) is 4.28. The highest BCUT2D eigenvalue weighted by atomic mass is 16.1. The number of benzene rings is 2. The number of nitrogens with one attached hydrogen (secondary N) is 1. The van der Waals surface area contributed by atoms with Crippen molar-refractivity contribution < 1.29 is 9.59 Å². The highest BCUT2D eigenvalue weighted by Gasteiger charge is 2.31. The molecule has 0 fully saturated rings. The van der Waals surface area contributed by atoms with Crippen molar-refractivity contribution in [2.24, 2.45) is 10.2 Å². The van der Waals surface area contributed by atoms with Crippen molar-refractivity contribution in [3.63, 3.8) is 0 Å². The molecule has 6 nitrogen and oxygen atoms in total. The second-order valence-corrected chi connectivity index (χ2v) is 5.89. The molecule has 0 bridgehead atoms. The molecule has 122 valence electrons. The number of ketones is 2. The molecule has 1 N–H and O–H groups in total. The van der Waals surface area contributed by atoms with Crippen LogP contribution in [0, 0.1) is 13.8 Å². The van der Waals surface area contributed by atoms with Crippen LogP contribution in [0.25, 0.3) is 0 Å². The zero-order valence-electron chi connectivity index (χ0n) is 13.7. The number of azo groups is 1. The molecular formula is C19H14N4O2. The number of aryl methyl sites for hydroxylation is 2. The largest absolute Gasteiger partial charge is 0.289 e. The van der Waals surface area contributed by atoms with Gasteiger partial charge in [-0.05, 0) is 19.9 Å². The Kier molecular flexibility index (Phi) is 3.39. The van der Waals surface area contributed by atoms with Crippen molar-refractivity contribution in [2.75, 3.05) is 0 Å². The number of H-pyrrole nitrogens is 1. The average Bonchev–Trinajstić information content (AvgIpc) is 2.95. The fraction of sp³-hybridized carbons (Fsp3) is 0.105. The number of carbonyl (C=O) groups excluding carboxylic acids is 2. The molecule has 3 aromatic rings. The van der Waals surface area contributed by atoms with E-state index >= 15 is 0 Å². The molecule has 0 atom stereocenters. The Bertz CT molecular complexity index is 1040. The third-order valence-corrected chi connectivity index (χ3v) is 4.28. The number of fused-ring (bicyclic) bond motifs is 2. The molecule has 0 radical (unpaired) electrons. The van der Waals surface area contributed by atoms with Gasteiger partial charge in [0.25, 0.3) is 0 Å². The van der Waals surface area contributed by atoms with Crippen molar-refractivity contribution in [2.45, 2.75) is 13.8 Å². The summed E-state index contributed by atoms with van der Waals surface area (Å²) in [4.78, 5) is 25.6. The quantitative estimate of drug-likeness (QED) is 0.558. The summed E-state index contributed by atoms with van der Waals surface area (Å²) in [6.07, 6.45) is 0. The summed E-state index contributed by atoms with van der Waals surface area (Å²) in [5, 5.41) is 15.4. The van der Waals surface area contributed by atoms with E-state index in [1.807, 2.05) is 13.8 Å². The lowest BCUT2D eigenvalue weighted by atomic mass is 9.83. The van der Waals surface area contributed by atoms with E-state index in [4.69, 9.17) is 0 Å². The number of hydrogen-bond acceptors (Lipinski definition) is 5. The molecule has 0 amide bonds. The van der Waals surface area contributed by atoms with Crippen molar-refractivity contribution in [1.82, 2.24) is 10.2 Å². The Hall–Kier alpha value is -3.41. The molecule has 0 spiro atoms. The number of nitrogens with zero attached hydrogens (tertiary/aromatic N) is 3. The van der Waals surface area contributed by atoms with Crippen molar-refractivity contribution in [3.05, 3.63) is 76.1 Å². The second-order valence-electron chi connectivity index (χ2n) is 5.89. The van der Waals surface area contributed by atoms with E-state index in [0.717, 1.165) is 11.4 Å². The van der Waals surface area contributed by atoms with Gasteiger partial charge in [-0.3, -0.25) is 14.7 Å². The van der Waals surface area contributed by atoms with E-state index in [2.05, 4.69) is 20.4 Å². The van der Waals surface area contributed by atoms with Gasteiger partial charge in [-0.25, -0.2) is 0 Å². The van der Waals surface area contributed by atoms with E-state index in [9.17, 15) is 9.59 Å².